The summed E-state index contributed by atoms with van der Waals surface area (Å²) < 4.78 is 23.1. The predicted molar refractivity (Wildman–Crippen MR) is 113 cm³/mol. The molecule has 2 aromatic carbocycles. The van der Waals surface area contributed by atoms with Gasteiger partial charge in [-0.05, 0) is 37.0 Å². The molecular weight excluding hydrogens is 400 g/mol. The maximum absolute atomic E-state index is 13.9. The fourth-order valence-corrected chi connectivity index (χ4v) is 6.55. The second-order valence-corrected chi connectivity index (χ2v) is 9.51. The molecule has 0 heterocycles. The van der Waals surface area contributed by atoms with Crippen LogP contribution in [0.25, 0.3) is 0 Å². The Balaban J connectivity index is 1.75. The normalized spacial score (nSPS) is 27.6. The van der Waals surface area contributed by atoms with Gasteiger partial charge in [0.15, 0.2) is 4.75 Å². The Bertz CT molecular complexity index is 998. The first-order valence-electron chi connectivity index (χ1n) is 9.94. The molecule has 4 rings (SSSR count). The molecule has 0 aromatic heterocycles. The smallest absolute Gasteiger partial charge is 0.327 e. The van der Waals surface area contributed by atoms with Crippen molar-refractivity contribution in [2.45, 2.75) is 29.6 Å². The Hall–Kier alpha value is -2.73. The molecule has 0 N–H and O–H groups in total. The fraction of sp³-hybridized carbons (Fsp3) is 0.333. The summed E-state index contributed by atoms with van der Waals surface area (Å²) >= 11 is 0. The summed E-state index contributed by atoms with van der Waals surface area (Å²) in [5.74, 6) is -2.53. The van der Waals surface area contributed by atoms with Crippen molar-refractivity contribution in [3.05, 3.63) is 77.9 Å². The quantitative estimate of drug-likeness (QED) is 0.524. The van der Waals surface area contributed by atoms with Crippen LogP contribution >= 0.6 is 0 Å². The first-order chi connectivity index (χ1) is 14.5. The highest BCUT2D eigenvalue weighted by molar-refractivity contribution is 7.87. The minimum atomic E-state index is -1.79. The first-order valence-corrected chi connectivity index (χ1v) is 11.1. The zero-order valence-electron chi connectivity index (χ0n) is 16.9. The van der Waals surface area contributed by atoms with Gasteiger partial charge < -0.3 is 9.47 Å². The summed E-state index contributed by atoms with van der Waals surface area (Å²) in [5.41, 5.74) is 1.85. The van der Waals surface area contributed by atoms with Gasteiger partial charge in [0.25, 0.3) is 0 Å². The SMILES string of the molecule is COC(=O)[C@@H]1[C@H]2C=C[C@H](C2)[C@@]1(C(=O)OCc1ccccc1)S(=O)c1ccc(C)cc1. The maximum atomic E-state index is 13.9. The highest BCUT2D eigenvalue weighted by Crippen LogP contribution is 2.56. The molecule has 2 bridgehead atoms. The Morgan fingerprint density at radius 1 is 1.07 bits per heavy atom. The lowest BCUT2D eigenvalue weighted by Gasteiger charge is -2.37. The molecule has 0 radical (unpaired) electrons. The van der Waals surface area contributed by atoms with Crippen molar-refractivity contribution in [3.8, 4) is 0 Å². The third-order valence-corrected chi connectivity index (χ3v) is 8.12. The van der Waals surface area contributed by atoms with Crippen molar-refractivity contribution in [3.63, 3.8) is 0 Å². The number of hydrogen-bond donors (Lipinski definition) is 0. The van der Waals surface area contributed by atoms with E-state index in [0.717, 1.165) is 11.1 Å². The molecule has 1 saturated carbocycles. The molecule has 5 atom stereocenters. The summed E-state index contributed by atoms with van der Waals surface area (Å²) in [6.45, 7) is 2.00. The van der Waals surface area contributed by atoms with E-state index in [9.17, 15) is 13.8 Å². The molecule has 0 spiro atoms. The van der Waals surface area contributed by atoms with Crippen LogP contribution in [0.4, 0.5) is 0 Å². The predicted octanol–water partition coefficient (Wildman–Crippen LogP) is 3.58. The summed E-state index contributed by atoms with van der Waals surface area (Å²) in [7, 11) is -0.493. The van der Waals surface area contributed by atoms with E-state index >= 15 is 0 Å². The van der Waals surface area contributed by atoms with E-state index in [0.29, 0.717) is 11.3 Å². The average molecular weight is 425 g/mol. The van der Waals surface area contributed by atoms with Gasteiger partial charge in [-0.1, -0.05) is 60.2 Å². The molecule has 0 amide bonds. The second-order valence-electron chi connectivity index (χ2n) is 7.83. The molecule has 6 heteroatoms. The van der Waals surface area contributed by atoms with E-state index in [1.165, 1.54) is 7.11 Å². The average Bonchev–Trinajstić information content (AvgIpc) is 3.38. The molecule has 0 saturated heterocycles. The lowest BCUT2D eigenvalue weighted by molar-refractivity contribution is -0.158. The number of allylic oxidation sites excluding steroid dienone is 2. The molecule has 0 aliphatic heterocycles. The number of carbonyl (C=O) groups excluding carboxylic acids is 2. The Kier molecular flexibility index (Phi) is 5.60. The van der Waals surface area contributed by atoms with Crippen molar-refractivity contribution in [1.29, 1.82) is 0 Å². The summed E-state index contributed by atoms with van der Waals surface area (Å²) in [5, 5.41) is 0. The maximum Gasteiger partial charge on any atom is 0.327 e. The molecule has 1 unspecified atom stereocenters. The Labute approximate surface area is 178 Å². The van der Waals surface area contributed by atoms with Crippen LogP contribution in [0.3, 0.4) is 0 Å². The van der Waals surface area contributed by atoms with Gasteiger partial charge in [-0.3, -0.25) is 13.8 Å². The third kappa shape index (κ3) is 3.29. The molecule has 156 valence electrons. The molecule has 1 fully saturated rings. The number of ether oxygens (including phenoxy) is 2. The van der Waals surface area contributed by atoms with Crippen molar-refractivity contribution < 1.29 is 23.3 Å². The number of methoxy groups -OCH3 is 1. The summed E-state index contributed by atoms with van der Waals surface area (Å²) in [6, 6.07) is 16.5. The minimum absolute atomic E-state index is 0.0571. The zero-order chi connectivity index (χ0) is 21.3. The fourth-order valence-electron chi connectivity index (χ4n) is 4.62. The number of carbonyl (C=O) groups is 2. The number of benzene rings is 2. The molecule has 2 aliphatic carbocycles. The lowest BCUT2D eigenvalue weighted by atomic mass is 9.82. The largest absolute Gasteiger partial charge is 0.469 e. The van der Waals surface area contributed by atoms with Gasteiger partial charge in [-0.25, -0.2) is 0 Å². The molecular formula is C24H24O5S. The van der Waals surface area contributed by atoms with Crippen LogP contribution in [0.5, 0.6) is 0 Å². The van der Waals surface area contributed by atoms with E-state index < -0.39 is 33.4 Å². The van der Waals surface area contributed by atoms with Crippen molar-refractivity contribution in [1.82, 2.24) is 0 Å². The van der Waals surface area contributed by atoms with E-state index in [4.69, 9.17) is 9.47 Å². The van der Waals surface area contributed by atoms with Crippen LogP contribution in [0.1, 0.15) is 17.5 Å². The number of esters is 2. The van der Waals surface area contributed by atoms with Gasteiger partial charge in [0, 0.05) is 10.8 Å². The van der Waals surface area contributed by atoms with E-state index in [1.807, 2.05) is 61.5 Å². The van der Waals surface area contributed by atoms with Crippen molar-refractivity contribution in [2.24, 2.45) is 17.8 Å². The number of hydrogen-bond acceptors (Lipinski definition) is 5. The van der Waals surface area contributed by atoms with Crippen molar-refractivity contribution in [2.75, 3.05) is 7.11 Å². The molecule has 30 heavy (non-hydrogen) atoms. The highest BCUT2D eigenvalue weighted by atomic mass is 32.2. The van der Waals surface area contributed by atoms with Gasteiger partial charge in [-0.2, -0.15) is 0 Å². The van der Waals surface area contributed by atoms with E-state index in [2.05, 4.69) is 0 Å². The van der Waals surface area contributed by atoms with Crippen LogP contribution in [0.2, 0.25) is 0 Å². The van der Waals surface area contributed by atoms with Crippen LogP contribution in [0, 0.1) is 24.7 Å². The van der Waals surface area contributed by atoms with Gasteiger partial charge in [0.05, 0.1) is 23.8 Å². The van der Waals surface area contributed by atoms with E-state index in [1.54, 1.807) is 12.1 Å². The van der Waals surface area contributed by atoms with Crippen molar-refractivity contribution >= 4 is 22.7 Å². The standard InChI is InChI=1S/C24H24O5S/c1-16-8-12-20(13-9-16)30(27)24(23(26)29-15-17-6-4-3-5-7-17)19-11-10-18(14-19)21(24)22(25)28-2/h3-13,18-19,21H,14-15H2,1-2H3/t18-,19+,21-,24+,30?/m0/s1. The third-order valence-electron chi connectivity index (χ3n) is 6.09. The van der Waals surface area contributed by atoms with Gasteiger partial charge in [-0.15, -0.1) is 0 Å². The van der Waals surface area contributed by atoms with Crippen LogP contribution in [0.15, 0.2) is 71.6 Å². The number of fused-ring (bicyclic) bond motifs is 2. The van der Waals surface area contributed by atoms with Crippen LogP contribution in [-0.2, 0) is 36.5 Å². The highest BCUT2D eigenvalue weighted by Gasteiger charge is 2.68. The lowest BCUT2D eigenvalue weighted by Crippen LogP contribution is -2.56. The van der Waals surface area contributed by atoms with Gasteiger partial charge in [0.2, 0.25) is 0 Å². The topological polar surface area (TPSA) is 69.7 Å². The first kappa shape index (κ1) is 20.5. The zero-order valence-corrected chi connectivity index (χ0v) is 17.8. The second kappa shape index (κ2) is 8.19. The number of aryl methyl sites for hydroxylation is 1. The Morgan fingerprint density at radius 3 is 2.43 bits per heavy atom. The molecule has 2 aliphatic rings. The van der Waals surface area contributed by atoms with Crippen LogP contribution in [-0.4, -0.2) is 28.0 Å². The van der Waals surface area contributed by atoms with Gasteiger partial charge in [0.1, 0.15) is 6.61 Å². The van der Waals surface area contributed by atoms with E-state index in [-0.39, 0.29) is 18.4 Å². The molecule has 5 nitrogen and oxygen atoms in total. The number of rotatable bonds is 6. The molecule has 2 aromatic rings. The monoisotopic (exact) mass is 424 g/mol. The van der Waals surface area contributed by atoms with Gasteiger partial charge >= 0.3 is 11.9 Å². The summed E-state index contributed by atoms with van der Waals surface area (Å²) in [6.07, 6.45) is 4.42. The Morgan fingerprint density at radius 2 is 1.77 bits per heavy atom. The summed E-state index contributed by atoms with van der Waals surface area (Å²) in [4.78, 5) is 26.9. The minimum Gasteiger partial charge on any atom is -0.469 e. The van der Waals surface area contributed by atoms with Crippen LogP contribution < -0.4 is 0 Å².